The van der Waals surface area contributed by atoms with Crippen molar-refractivity contribution in [1.82, 2.24) is 0 Å². The topological polar surface area (TPSA) is 27.7 Å². The number of unbranched alkanes of at least 4 members (excludes halogenated alkanes) is 5. The summed E-state index contributed by atoms with van der Waals surface area (Å²) in [7, 11) is 1.67. The molecule has 0 unspecified atom stereocenters. The molecule has 1 aliphatic heterocycles. The van der Waals surface area contributed by atoms with Gasteiger partial charge in [0.25, 0.3) is 0 Å². The van der Waals surface area contributed by atoms with Gasteiger partial charge in [0.1, 0.15) is 5.75 Å². The molecule has 0 N–H and O–H groups in total. The normalized spacial score (nSPS) is 21.6. The van der Waals surface area contributed by atoms with E-state index in [9.17, 15) is 0 Å². The molecule has 2 atom stereocenters. The van der Waals surface area contributed by atoms with Gasteiger partial charge >= 0.3 is 0 Å². The van der Waals surface area contributed by atoms with Gasteiger partial charge in [-0.2, -0.15) is 0 Å². The Morgan fingerprint density at radius 3 is 2.48 bits per heavy atom. The summed E-state index contributed by atoms with van der Waals surface area (Å²) >= 11 is 0. The SMILES string of the molecule is CCCCCCCC[C@H]1CO[C@H](c2ccc(OC)cc2)O1. The van der Waals surface area contributed by atoms with Gasteiger partial charge < -0.3 is 14.2 Å². The molecule has 1 heterocycles. The Bertz CT molecular complexity index is 388. The van der Waals surface area contributed by atoms with E-state index in [0.717, 1.165) is 17.7 Å². The minimum atomic E-state index is -0.207. The van der Waals surface area contributed by atoms with Crippen molar-refractivity contribution in [3.05, 3.63) is 29.8 Å². The Labute approximate surface area is 128 Å². The molecule has 0 spiro atoms. The number of hydrogen-bond acceptors (Lipinski definition) is 3. The van der Waals surface area contributed by atoms with Crippen LogP contribution in [0.2, 0.25) is 0 Å². The Morgan fingerprint density at radius 1 is 1.05 bits per heavy atom. The van der Waals surface area contributed by atoms with Gasteiger partial charge in [0, 0.05) is 5.56 Å². The first-order valence-corrected chi connectivity index (χ1v) is 8.24. The van der Waals surface area contributed by atoms with Crippen molar-refractivity contribution in [3.63, 3.8) is 0 Å². The molecule has 0 aromatic heterocycles. The van der Waals surface area contributed by atoms with Gasteiger partial charge in [0.2, 0.25) is 0 Å². The Kier molecular flexibility index (Phi) is 7.04. The van der Waals surface area contributed by atoms with Crippen LogP contribution >= 0.6 is 0 Å². The molecular weight excluding hydrogens is 264 g/mol. The molecule has 1 aliphatic rings. The molecule has 1 aromatic carbocycles. The zero-order chi connectivity index (χ0) is 14.9. The van der Waals surface area contributed by atoms with E-state index in [1.165, 1.54) is 38.5 Å². The lowest BCUT2D eigenvalue weighted by atomic mass is 10.1. The fourth-order valence-corrected chi connectivity index (χ4v) is 2.69. The largest absolute Gasteiger partial charge is 0.497 e. The van der Waals surface area contributed by atoms with Crippen LogP contribution in [0.4, 0.5) is 0 Å². The second-order valence-corrected chi connectivity index (χ2v) is 5.75. The Hall–Kier alpha value is -1.06. The summed E-state index contributed by atoms with van der Waals surface area (Å²) in [5, 5.41) is 0. The van der Waals surface area contributed by atoms with E-state index in [2.05, 4.69) is 6.92 Å². The van der Waals surface area contributed by atoms with Crippen molar-refractivity contribution in [1.29, 1.82) is 0 Å². The van der Waals surface area contributed by atoms with E-state index in [1.54, 1.807) is 7.11 Å². The average molecular weight is 292 g/mol. The smallest absolute Gasteiger partial charge is 0.184 e. The maximum absolute atomic E-state index is 5.99. The quantitative estimate of drug-likeness (QED) is 0.608. The number of ether oxygens (including phenoxy) is 3. The van der Waals surface area contributed by atoms with Crippen LogP contribution in [-0.2, 0) is 9.47 Å². The molecule has 0 amide bonds. The van der Waals surface area contributed by atoms with Crippen molar-refractivity contribution in [2.24, 2.45) is 0 Å². The summed E-state index contributed by atoms with van der Waals surface area (Å²) in [5.74, 6) is 0.861. The second kappa shape index (κ2) is 9.06. The van der Waals surface area contributed by atoms with Crippen molar-refractivity contribution in [2.75, 3.05) is 13.7 Å². The summed E-state index contributed by atoms with van der Waals surface area (Å²) in [6.07, 6.45) is 9.10. The minimum Gasteiger partial charge on any atom is -0.497 e. The first kappa shape index (κ1) is 16.3. The zero-order valence-electron chi connectivity index (χ0n) is 13.3. The molecule has 0 bridgehead atoms. The highest BCUT2D eigenvalue weighted by Crippen LogP contribution is 2.30. The lowest BCUT2D eigenvalue weighted by Gasteiger charge is -2.12. The van der Waals surface area contributed by atoms with Crippen molar-refractivity contribution in [2.45, 2.75) is 64.3 Å². The van der Waals surface area contributed by atoms with Crippen LogP contribution in [0.3, 0.4) is 0 Å². The standard InChI is InChI=1S/C18H28O3/c1-3-4-5-6-7-8-9-17-14-20-18(21-17)15-10-12-16(19-2)13-11-15/h10-13,17-18H,3-9,14H2,1-2H3/t17-,18-/m0/s1. The summed E-state index contributed by atoms with van der Waals surface area (Å²) in [5.41, 5.74) is 1.07. The van der Waals surface area contributed by atoms with Crippen molar-refractivity contribution < 1.29 is 14.2 Å². The molecule has 0 saturated carbocycles. The lowest BCUT2D eigenvalue weighted by molar-refractivity contribution is -0.0614. The van der Waals surface area contributed by atoms with Gasteiger partial charge in [-0.15, -0.1) is 0 Å². The molecule has 118 valence electrons. The van der Waals surface area contributed by atoms with Gasteiger partial charge in [-0.05, 0) is 18.6 Å². The van der Waals surface area contributed by atoms with E-state index in [0.29, 0.717) is 6.61 Å². The highest BCUT2D eigenvalue weighted by molar-refractivity contribution is 5.28. The van der Waals surface area contributed by atoms with Crippen LogP contribution in [0.25, 0.3) is 0 Å². The molecule has 21 heavy (non-hydrogen) atoms. The third-order valence-corrected chi connectivity index (χ3v) is 4.02. The van der Waals surface area contributed by atoms with Crippen molar-refractivity contribution in [3.8, 4) is 5.75 Å². The van der Waals surface area contributed by atoms with Crippen molar-refractivity contribution >= 4 is 0 Å². The summed E-state index contributed by atoms with van der Waals surface area (Å²) < 4.78 is 16.9. The summed E-state index contributed by atoms with van der Waals surface area (Å²) in [6, 6.07) is 7.92. The van der Waals surface area contributed by atoms with Gasteiger partial charge in [0.15, 0.2) is 6.29 Å². The maximum Gasteiger partial charge on any atom is 0.184 e. The second-order valence-electron chi connectivity index (χ2n) is 5.75. The molecule has 2 rings (SSSR count). The Balaban J connectivity index is 1.65. The summed E-state index contributed by atoms with van der Waals surface area (Å²) in [6.45, 7) is 2.97. The van der Waals surface area contributed by atoms with Crippen LogP contribution in [0.1, 0.15) is 63.7 Å². The first-order valence-electron chi connectivity index (χ1n) is 8.24. The lowest BCUT2D eigenvalue weighted by Crippen LogP contribution is -2.09. The third-order valence-electron chi connectivity index (χ3n) is 4.02. The number of benzene rings is 1. The maximum atomic E-state index is 5.99. The van der Waals surface area contributed by atoms with Gasteiger partial charge in [-0.1, -0.05) is 57.6 Å². The minimum absolute atomic E-state index is 0.207. The van der Waals surface area contributed by atoms with E-state index in [4.69, 9.17) is 14.2 Å². The molecule has 3 nitrogen and oxygen atoms in total. The van der Waals surface area contributed by atoms with E-state index < -0.39 is 0 Å². The van der Waals surface area contributed by atoms with E-state index >= 15 is 0 Å². The molecule has 0 aliphatic carbocycles. The highest BCUT2D eigenvalue weighted by atomic mass is 16.7. The number of hydrogen-bond donors (Lipinski definition) is 0. The molecule has 3 heteroatoms. The van der Waals surface area contributed by atoms with Crippen LogP contribution in [0.5, 0.6) is 5.75 Å². The average Bonchev–Trinajstić information content (AvgIpc) is 3.00. The van der Waals surface area contributed by atoms with Crippen LogP contribution < -0.4 is 4.74 Å². The van der Waals surface area contributed by atoms with E-state index in [-0.39, 0.29) is 12.4 Å². The highest BCUT2D eigenvalue weighted by Gasteiger charge is 2.26. The van der Waals surface area contributed by atoms with Gasteiger partial charge in [0.05, 0.1) is 19.8 Å². The number of methoxy groups -OCH3 is 1. The van der Waals surface area contributed by atoms with E-state index in [1.807, 2.05) is 24.3 Å². The fraction of sp³-hybridized carbons (Fsp3) is 0.667. The zero-order valence-corrected chi connectivity index (χ0v) is 13.3. The van der Waals surface area contributed by atoms with Crippen LogP contribution in [-0.4, -0.2) is 19.8 Å². The molecule has 1 fully saturated rings. The predicted octanol–water partition coefficient (Wildman–Crippen LogP) is 4.86. The third kappa shape index (κ3) is 5.33. The predicted molar refractivity (Wildman–Crippen MR) is 84.6 cm³/mol. The van der Waals surface area contributed by atoms with Gasteiger partial charge in [-0.25, -0.2) is 0 Å². The monoisotopic (exact) mass is 292 g/mol. The molecule has 1 aromatic rings. The summed E-state index contributed by atoms with van der Waals surface area (Å²) in [4.78, 5) is 0. The molecular formula is C18H28O3. The van der Waals surface area contributed by atoms with Crippen LogP contribution in [0.15, 0.2) is 24.3 Å². The first-order chi connectivity index (χ1) is 10.3. The molecule has 0 radical (unpaired) electrons. The Morgan fingerprint density at radius 2 is 1.76 bits per heavy atom. The molecule has 1 saturated heterocycles. The van der Waals surface area contributed by atoms with Gasteiger partial charge in [-0.3, -0.25) is 0 Å². The van der Waals surface area contributed by atoms with Crippen LogP contribution in [0, 0.1) is 0 Å². The number of rotatable bonds is 9. The fourth-order valence-electron chi connectivity index (χ4n) is 2.69.